The highest BCUT2D eigenvalue weighted by molar-refractivity contribution is 6.73. The molecule has 1 aliphatic carbocycles. The normalized spacial score (nSPS) is 25.1. The topological polar surface area (TPSA) is 48.1 Å². The number of ether oxygens (including phenoxy) is 2. The molecule has 1 aliphatic heterocycles. The van der Waals surface area contributed by atoms with E-state index in [1.54, 1.807) is 0 Å². The molecular weight excluding hydrogens is 380 g/mol. The summed E-state index contributed by atoms with van der Waals surface area (Å²) >= 11 is 0. The van der Waals surface area contributed by atoms with Crippen LogP contribution < -0.4 is 0 Å². The molecule has 0 saturated carbocycles. The molecular formula is C24H36O4Si. The summed E-state index contributed by atoms with van der Waals surface area (Å²) in [7, 11) is -1.83. The van der Waals surface area contributed by atoms with Gasteiger partial charge in [0.25, 0.3) is 0 Å². The third-order valence-corrected chi connectivity index (χ3v) is 10.4. The minimum atomic E-state index is -1.83. The van der Waals surface area contributed by atoms with Crippen LogP contribution in [0.4, 0.5) is 0 Å². The van der Waals surface area contributed by atoms with Crippen molar-refractivity contribution in [3.05, 3.63) is 35.5 Å². The van der Waals surface area contributed by atoms with E-state index in [1.165, 1.54) is 12.5 Å². The van der Waals surface area contributed by atoms with Crippen LogP contribution >= 0.6 is 0 Å². The van der Waals surface area contributed by atoms with Crippen molar-refractivity contribution in [2.24, 2.45) is 0 Å². The molecule has 160 valence electrons. The maximum absolute atomic E-state index is 11.5. The molecule has 0 N–H and O–H groups in total. The van der Waals surface area contributed by atoms with E-state index in [-0.39, 0.29) is 30.4 Å². The lowest BCUT2D eigenvalue weighted by Gasteiger charge is -2.34. The van der Waals surface area contributed by atoms with Gasteiger partial charge in [0.15, 0.2) is 8.32 Å². The molecule has 0 amide bonds. The Morgan fingerprint density at radius 2 is 1.86 bits per heavy atom. The molecule has 1 heterocycles. The zero-order chi connectivity index (χ0) is 21.6. The standard InChI is InChI=1S/C24H36O4Si/c1-8-29(9-2,10-3)28-22-20(15-14-18(6)13-11-12-17(4)5)16-21(26-19(7)25)23-24(22)27-23/h12,16,21-24H,6,8-11,13H2,1-5,7H3/t21-,22?,23+,24-/m1/s1. The maximum Gasteiger partial charge on any atom is 0.303 e. The molecule has 2 aliphatic rings. The molecule has 0 spiro atoms. The van der Waals surface area contributed by atoms with Crippen LogP contribution in [-0.2, 0) is 18.7 Å². The van der Waals surface area contributed by atoms with Crippen LogP contribution in [0.3, 0.4) is 0 Å². The SMILES string of the molecule is C=C(C#CC1=C[C@@H](OC(C)=O)[C@@H]2O[C@@H]2C1O[Si](CC)(CC)CC)CCC=C(C)C. The van der Waals surface area contributed by atoms with Gasteiger partial charge in [0.1, 0.15) is 24.4 Å². The number of esters is 1. The van der Waals surface area contributed by atoms with Gasteiger partial charge in [-0.2, -0.15) is 0 Å². The molecule has 1 saturated heterocycles. The highest BCUT2D eigenvalue weighted by atomic mass is 28.4. The minimum Gasteiger partial charge on any atom is -0.455 e. The van der Waals surface area contributed by atoms with Gasteiger partial charge < -0.3 is 13.9 Å². The van der Waals surface area contributed by atoms with Crippen LogP contribution in [0.15, 0.2) is 35.5 Å². The van der Waals surface area contributed by atoms with Crippen LogP contribution in [0.1, 0.15) is 54.4 Å². The molecule has 0 aromatic rings. The Balaban J connectivity index is 2.23. The van der Waals surface area contributed by atoms with Crippen LogP contribution in [-0.4, -0.2) is 38.7 Å². The van der Waals surface area contributed by atoms with Crippen molar-refractivity contribution >= 4 is 14.3 Å². The zero-order valence-electron chi connectivity index (χ0n) is 18.8. The van der Waals surface area contributed by atoms with Crippen molar-refractivity contribution in [3.8, 4) is 11.8 Å². The Morgan fingerprint density at radius 1 is 1.21 bits per heavy atom. The second-order valence-electron chi connectivity index (χ2n) is 8.22. The number of hydrogen-bond acceptors (Lipinski definition) is 4. The first-order chi connectivity index (χ1) is 13.7. The first kappa shape index (κ1) is 23.7. The smallest absolute Gasteiger partial charge is 0.303 e. The van der Waals surface area contributed by atoms with Gasteiger partial charge in [-0.15, -0.1) is 0 Å². The van der Waals surface area contributed by atoms with Gasteiger partial charge in [-0.05, 0) is 56.5 Å². The summed E-state index contributed by atoms with van der Waals surface area (Å²) in [5.41, 5.74) is 3.07. The van der Waals surface area contributed by atoms with E-state index in [0.29, 0.717) is 0 Å². The Bertz CT molecular complexity index is 723. The van der Waals surface area contributed by atoms with Crippen LogP contribution in [0.2, 0.25) is 18.1 Å². The fourth-order valence-corrected chi connectivity index (χ4v) is 6.55. The predicted molar refractivity (Wildman–Crippen MR) is 120 cm³/mol. The van der Waals surface area contributed by atoms with Crippen molar-refractivity contribution in [1.82, 2.24) is 0 Å². The Labute approximate surface area is 177 Å². The second kappa shape index (κ2) is 10.4. The van der Waals surface area contributed by atoms with E-state index in [4.69, 9.17) is 13.9 Å². The zero-order valence-corrected chi connectivity index (χ0v) is 19.8. The molecule has 0 aromatic heterocycles. The lowest BCUT2D eigenvalue weighted by atomic mass is 9.94. The molecule has 4 nitrogen and oxygen atoms in total. The summed E-state index contributed by atoms with van der Waals surface area (Å²) in [6, 6.07) is 3.20. The van der Waals surface area contributed by atoms with Crippen molar-refractivity contribution < 1.29 is 18.7 Å². The third-order valence-electron chi connectivity index (χ3n) is 5.83. The number of fused-ring (bicyclic) bond motifs is 1. The highest BCUT2D eigenvalue weighted by Gasteiger charge is 2.56. The second-order valence-corrected chi connectivity index (χ2v) is 12.9. The van der Waals surface area contributed by atoms with E-state index < -0.39 is 8.32 Å². The molecule has 0 bridgehead atoms. The van der Waals surface area contributed by atoms with Crippen LogP contribution in [0.25, 0.3) is 0 Å². The van der Waals surface area contributed by atoms with Crippen molar-refractivity contribution in [2.75, 3.05) is 0 Å². The van der Waals surface area contributed by atoms with E-state index in [2.05, 4.69) is 59.1 Å². The molecule has 4 atom stereocenters. The summed E-state index contributed by atoms with van der Waals surface area (Å²) in [5.74, 6) is 6.18. The summed E-state index contributed by atoms with van der Waals surface area (Å²) in [4.78, 5) is 11.5. The predicted octanol–water partition coefficient (Wildman–Crippen LogP) is 5.32. The summed E-state index contributed by atoms with van der Waals surface area (Å²) < 4.78 is 18.1. The van der Waals surface area contributed by atoms with Gasteiger partial charge in [0, 0.05) is 12.5 Å². The molecule has 1 fully saturated rings. The number of carbonyl (C=O) groups excluding carboxylic acids is 1. The van der Waals surface area contributed by atoms with Gasteiger partial charge in [-0.3, -0.25) is 4.79 Å². The molecule has 0 aromatic carbocycles. The van der Waals surface area contributed by atoms with Gasteiger partial charge in [0.2, 0.25) is 0 Å². The fourth-order valence-electron chi connectivity index (χ4n) is 3.75. The Hall–Kier alpha value is -1.61. The number of rotatable bonds is 9. The first-order valence-electron chi connectivity index (χ1n) is 10.8. The van der Waals surface area contributed by atoms with E-state index >= 15 is 0 Å². The highest BCUT2D eigenvalue weighted by Crippen LogP contribution is 2.42. The fraction of sp³-hybridized carbons (Fsp3) is 0.625. The summed E-state index contributed by atoms with van der Waals surface area (Å²) in [6.07, 6.45) is 5.15. The van der Waals surface area contributed by atoms with Crippen LogP contribution in [0, 0.1) is 11.8 Å². The lowest BCUT2D eigenvalue weighted by Crippen LogP contribution is -2.45. The molecule has 5 heteroatoms. The van der Waals surface area contributed by atoms with E-state index in [0.717, 1.165) is 42.1 Å². The minimum absolute atomic E-state index is 0.0795. The van der Waals surface area contributed by atoms with Crippen molar-refractivity contribution in [1.29, 1.82) is 0 Å². The monoisotopic (exact) mass is 416 g/mol. The van der Waals surface area contributed by atoms with Gasteiger partial charge >= 0.3 is 5.97 Å². The average molecular weight is 417 g/mol. The maximum atomic E-state index is 11.5. The number of allylic oxidation sites excluding steroid dienone is 3. The average Bonchev–Trinajstić information content (AvgIpc) is 3.47. The van der Waals surface area contributed by atoms with E-state index in [1.807, 2.05) is 6.08 Å². The number of hydrogen-bond donors (Lipinski definition) is 0. The molecule has 29 heavy (non-hydrogen) atoms. The van der Waals surface area contributed by atoms with Gasteiger partial charge in [0.05, 0.1) is 0 Å². The molecule has 2 rings (SSSR count). The molecule has 0 radical (unpaired) electrons. The van der Waals surface area contributed by atoms with E-state index in [9.17, 15) is 4.79 Å². The molecule has 1 unspecified atom stereocenters. The van der Waals surface area contributed by atoms with Gasteiger partial charge in [-0.25, -0.2) is 0 Å². The van der Waals surface area contributed by atoms with Gasteiger partial charge in [-0.1, -0.05) is 50.8 Å². The van der Waals surface area contributed by atoms with Crippen molar-refractivity contribution in [3.63, 3.8) is 0 Å². The lowest BCUT2D eigenvalue weighted by molar-refractivity contribution is -0.145. The quantitative estimate of drug-likeness (QED) is 0.168. The Morgan fingerprint density at radius 3 is 2.41 bits per heavy atom. The van der Waals surface area contributed by atoms with Crippen LogP contribution in [0.5, 0.6) is 0 Å². The third kappa shape index (κ3) is 6.43. The van der Waals surface area contributed by atoms with Crippen molar-refractivity contribution in [2.45, 2.75) is 96.9 Å². The first-order valence-corrected chi connectivity index (χ1v) is 13.3. The summed E-state index contributed by atoms with van der Waals surface area (Å²) in [6.45, 7) is 16.4. The largest absolute Gasteiger partial charge is 0.455 e. The number of carbonyl (C=O) groups is 1. The Kier molecular flexibility index (Phi) is 8.51. The summed E-state index contributed by atoms with van der Waals surface area (Å²) in [5, 5.41) is 0. The number of epoxide rings is 1.